The molecular weight excluding hydrogens is 332 g/mol. The lowest BCUT2D eigenvalue weighted by Gasteiger charge is -2.16. The lowest BCUT2D eigenvalue weighted by molar-refractivity contribution is -0.116. The Balaban J connectivity index is 1.47. The Morgan fingerprint density at radius 3 is 2.69 bits per heavy atom. The molecule has 26 heavy (non-hydrogen) atoms. The molecule has 0 saturated heterocycles. The molecule has 4 N–H and O–H groups in total. The number of anilines is 1. The minimum absolute atomic E-state index is 0.0512. The summed E-state index contributed by atoms with van der Waals surface area (Å²) in [5.41, 5.74) is 5.19. The second kappa shape index (κ2) is 7.57. The fourth-order valence-electron chi connectivity index (χ4n) is 2.98. The molecule has 0 bridgehead atoms. The predicted molar refractivity (Wildman–Crippen MR) is 101 cm³/mol. The van der Waals surface area contributed by atoms with Crippen molar-refractivity contribution >= 4 is 22.6 Å². The normalized spacial score (nSPS) is 11.4. The van der Waals surface area contributed by atoms with Gasteiger partial charge in [0.2, 0.25) is 5.91 Å². The van der Waals surface area contributed by atoms with Crippen LogP contribution in [0.3, 0.4) is 0 Å². The number of likely N-dealkylation sites (N-methyl/N-ethyl adjacent to an activating group) is 1. The highest BCUT2D eigenvalue weighted by atomic mass is 16.1. The van der Waals surface area contributed by atoms with Gasteiger partial charge in [-0.25, -0.2) is 4.79 Å². The molecule has 0 aliphatic carbocycles. The highest BCUT2D eigenvalue weighted by Gasteiger charge is 2.10. The number of amides is 1. The van der Waals surface area contributed by atoms with Gasteiger partial charge in [0.15, 0.2) is 0 Å². The summed E-state index contributed by atoms with van der Waals surface area (Å²) in [6.07, 6.45) is 1.31. The van der Waals surface area contributed by atoms with Gasteiger partial charge in [0.05, 0.1) is 16.7 Å². The first-order chi connectivity index (χ1) is 12.4. The molecule has 8 nitrogen and oxygen atoms in total. The van der Waals surface area contributed by atoms with Gasteiger partial charge in [0.1, 0.15) is 0 Å². The SMILES string of the molecule is Cc1n[nH]c(C)c1CCN(C)CCC(=O)Nc1ccc2[nH]c(=O)[nH]c2c1. The van der Waals surface area contributed by atoms with Crippen molar-refractivity contribution in [3.8, 4) is 0 Å². The van der Waals surface area contributed by atoms with Gasteiger partial charge in [-0.3, -0.25) is 9.89 Å². The molecule has 8 heteroatoms. The summed E-state index contributed by atoms with van der Waals surface area (Å²) in [6, 6.07) is 5.29. The number of fused-ring (bicyclic) bond motifs is 1. The van der Waals surface area contributed by atoms with Crippen LogP contribution in [0.15, 0.2) is 23.0 Å². The Hall–Kier alpha value is -2.87. The minimum atomic E-state index is -0.256. The third-order valence-electron chi connectivity index (χ3n) is 4.54. The molecule has 0 fully saturated rings. The minimum Gasteiger partial charge on any atom is -0.326 e. The smallest absolute Gasteiger partial charge is 0.323 e. The number of hydrogen-bond acceptors (Lipinski definition) is 4. The quantitative estimate of drug-likeness (QED) is 0.516. The van der Waals surface area contributed by atoms with Gasteiger partial charge in [-0.05, 0) is 51.1 Å². The largest absolute Gasteiger partial charge is 0.326 e. The monoisotopic (exact) mass is 356 g/mol. The van der Waals surface area contributed by atoms with Crippen molar-refractivity contribution in [1.82, 2.24) is 25.1 Å². The van der Waals surface area contributed by atoms with Crippen LogP contribution in [0.2, 0.25) is 0 Å². The molecule has 0 unspecified atom stereocenters. The average molecular weight is 356 g/mol. The summed E-state index contributed by atoms with van der Waals surface area (Å²) in [7, 11) is 2.01. The average Bonchev–Trinajstić information content (AvgIpc) is 3.12. The van der Waals surface area contributed by atoms with Crippen LogP contribution in [0.1, 0.15) is 23.4 Å². The lowest BCUT2D eigenvalue weighted by atomic mass is 10.1. The number of hydrogen-bond donors (Lipinski definition) is 4. The molecule has 0 aliphatic rings. The number of nitrogens with zero attached hydrogens (tertiary/aromatic N) is 2. The van der Waals surface area contributed by atoms with E-state index in [0.717, 1.165) is 29.9 Å². The van der Waals surface area contributed by atoms with E-state index in [1.165, 1.54) is 5.56 Å². The number of aromatic amines is 3. The third kappa shape index (κ3) is 4.20. The Kier molecular flexibility index (Phi) is 5.22. The van der Waals surface area contributed by atoms with Crippen LogP contribution in [0.4, 0.5) is 5.69 Å². The zero-order chi connectivity index (χ0) is 18.7. The summed E-state index contributed by atoms with van der Waals surface area (Å²) in [5.74, 6) is -0.0512. The standard InChI is InChI=1S/C18H24N6O2/c1-11-14(12(2)23-22-11)6-8-24(3)9-7-17(25)19-13-4-5-15-16(10-13)21-18(26)20-15/h4-5,10H,6-9H2,1-3H3,(H,19,25)(H,22,23)(H2,20,21,26). The van der Waals surface area contributed by atoms with Gasteiger partial charge in [-0.15, -0.1) is 0 Å². The number of aryl methyl sites for hydroxylation is 2. The molecule has 0 spiro atoms. The highest BCUT2D eigenvalue weighted by Crippen LogP contribution is 2.15. The van der Waals surface area contributed by atoms with Crippen molar-refractivity contribution in [2.24, 2.45) is 0 Å². The van der Waals surface area contributed by atoms with E-state index in [1.807, 2.05) is 20.9 Å². The molecule has 3 aromatic rings. The topological polar surface area (TPSA) is 110 Å². The van der Waals surface area contributed by atoms with E-state index >= 15 is 0 Å². The van der Waals surface area contributed by atoms with Crippen molar-refractivity contribution in [3.63, 3.8) is 0 Å². The van der Waals surface area contributed by atoms with Crippen molar-refractivity contribution in [1.29, 1.82) is 0 Å². The zero-order valence-electron chi connectivity index (χ0n) is 15.3. The summed E-state index contributed by atoms with van der Waals surface area (Å²) < 4.78 is 0. The van der Waals surface area contributed by atoms with Crippen molar-refractivity contribution in [3.05, 3.63) is 45.6 Å². The Morgan fingerprint density at radius 1 is 1.19 bits per heavy atom. The molecule has 0 radical (unpaired) electrons. The number of nitrogens with one attached hydrogen (secondary N) is 4. The van der Waals surface area contributed by atoms with Crippen LogP contribution in [0, 0.1) is 13.8 Å². The molecule has 1 aromatic carbocycles. The van der Waals surface area contributed by atoms with Gasteiger partial charge in [-0.1, -0.05) is 0 Å². The fourth-order valence-corrected chi connectivity index (χ4v) is 2.98. The molecule has 2 heterocycles. The summed E-state index contributed by atoms with van der Waals surface area (Å²) >= 11 is 0. The van der Waals surface area contributed by atoms with Crippen molar-refractivity contribution in [2.75, 3.05) is 25.5 Å². The van der Waals surface area contributed by atoms with Gasteiger partial charge in [0.25, 0.3) is 0 Å². The summed E-state index contributed by atoms with van der Waals surface area (Å²) in [5, 5.41) is 10.1. The maximum Gasteiger partial charge on any atom is 0.323 e. The lowest BCUT2D eigenvalue weighted by Crippen LogP contribution is -2.26. The summed E-state index contributed by atoms with van der Waals surface area (Å²) in [6.45, 7) is 5.56. The first-order valence-corrected chi connectivity index (χ1v) is 8.63. The van der Waals surface area contributed by atoms with Gasteiger partial charge < -0.3 is 20.2 Å². The van der Waals surface area contributed by atoms with Crippen LogP contribution in [0.25, 0.3) is 11.0 Å². The van der Waals surface area contributed by atoms with E-state index in [0.29, 0.717) is 24.2 Å². The number of carbonyl (C=O) groups is 1. The van der Waals surface area contributed by atoms with Gasteiger partial charge in [-0.2, -0.15) is 5.10 Å². The molecule has 1 amide bonds. The number of carbonyl (C=O) groups excluding carboxylic acids is 1. The van der Waals surface area contributed by atoms with Crippen LogP contribution < -0.4 is 11.0 Å². The number of imidazole rings is 1. The number of H-pyrrole nitrogens is 3. The number of rotatable bonds is 7. The van der Waals surface area contributed by atoms with E-state index in [1.54, 1.807) is 18.2 Å². The third-order valence-corrected chi connectivity index (χ3v) is 4.54. The number of benzene rings is 1. The van der Waals surface area contributed by atoms with Crippen LogP contribution in [-0.2, 0) is 11.2 Å². The van der Waals surface area contributed by atoms with E-state index in [2.05, 4.69) is 30.4 Å². The van der Waals surface area contributed by atoms with E-state index < -0.39 is 0 Å². The Morgan fingerprint density at radius 2 is 1.96 bits per heavy atom. The van der Waals surface area contributed by atoms with E-state index in [-0.39, 0.29) is 11.6 Å². The van der Waals surface area contributed by atoms with E-state index in [9.17, 15) is 9.59 Å². The first kappa shape index (κ1) is 17.9. The second-order valence-corrected chi connectivity index (χ2v) is 6.60. The van der Waals surface area contributed by atoms with Crippen LogP contribution >= 0.6 is 0 Å². The molecule has 0 saturated carbocycles. The first-order valence-electron chi connectivity index (χ1n) is 8.63. The van der Waals surface area contributed by atoms with Gasteiger partial charge >= 0.3 is 5.69 Å². The molecule has 138 valence electrons. The Bertz CT molecular complexity index is 948. The highest BCUT2D eigenvalue weighted by molar-refractivity contribution is 5.93. The molecule has 3 rings (SSSR count). The molecular formula is C18H24N6O2. The molecule has 0 aliphatic heterocycles. The fraction of sp³-hybridized carbons (Fsp3) is 0.389. The predicted octanol–water partition coefficient (Wildman–Crippen LogP) is 1.70. The maximum absolute atomic E-state index is 12.2. The van der Waals surface area contributed by atoms with Gasteiger partial charge in [0, 0.05) is 30.9 Å². The summed E-state index contributed by atoms with van der Waals surface area (Å²) in [4.78, 5) is 30.9. The second-order valence-electron chi connectivity index (χ2n) is 6.60. The molecule has 2 aromatic heterocycles. The van der Waals surface area contributed by atoms with Crippen LogP contribution in [-0.4, -0.2) is 51.1 Å². The number of aromatic nitrogens is 4. The van der Waals surface area contributed by atoms with Crippen LogP contribution in [0.5, 0.6) is 0 Å². The Labute approximate surface area is 151 Å². The van der Waals surface area contributed by atoms with Crippen molar-refractivity contribution < 1.29 is 4.79 Å². The molecule has 0 atom stereocenters. The maximum atomic E-state index is 12.2. The van der Waals surface area contributed by atoms with E-state index in [4.69, 9.17) is 0 Å². The van der Waals surface area contributed by atoms with Crippen molar-refractivity contribution in [2.45, 2.75) is 26.7 Å². The zero-order valence-corrected chi connectivity index (χ0v) is 15.3.